The van der Waals surface area contributed by atoms with Crippen LogP contribution in [0.5, 0.6) is 0 Å². The summed E-state index contributed by atoms with van der Waals surface area (Å²) in [5.41, 5.74) is 1.22. The van der Waals surface area contributed by atoms with Gasteiger partial charge < -0.3 is 0 Å². The van der Waals surface area contributed by atoms with Gasteiger partial charge in [-0.2, -0.15) is 0 Å². The van der Waals surface area contributed by atoms with Gasteiger partial charge in [0.05, 0.1) is 0 Å². The van der Waals surface area contributed by atoms with E-state index in [0.717, 1.165) is 0 Å². The fourth-order valence-electron chi connectivity index (χ4n) is 0. The molecule has 0 aromatic carbocycles. The predicted molar refractivity (Wildman–Crippen MR) is 16.1 cm³/mol. The van der Waals surface area contributed by atoms with Crippen LogP contribution in [-0.2, 0) is 21.1 Å². The molecule has 0 unspecified atom stereocenters. The van der Waals surface area contributed by atoms with E-state index in [1.54, 1.807) is 0 Å². The maximum atomic E-state index is 4.76. The molecule has 0 atom stereocenters. The molecule has 0 rings (SSSR count). The Labute approximate surface area is 45.1 Å². The topological polar surface area (TPSA) is 0 Å². The van der Waals surface area contributed by atoms with E-state index < -0.39 is 0 Å². The first-order valence-electron chi connectivity index (χ1n) is 0.626. The van der Waals surface area contributed by atoms with Crippen molar-refractivity contribution in [1.82, 2.24) is 0 Å². The zero-order chi connectivity index (χ0) is 2.71. The van der Waals surface area contributed by atoms with Crippen LogP contribution in [0.4, 0.5) is 0 Å². The molecule has 0 fully saturated rings. The van der Waals surface area contributed by atoms with Gasteiger partial charge >= 0.3 is 0 Å². The van der Waals surface area contributed by atoms with Gasteiger partial charge in [0.15, 0.2) is 0 Å². The van der Waals surface area contributed by atoms with E-state index in [9.17, 15) is 0 Å². The summed E-state index contributed by atoms with van der Waals surface area (Å²) in [7, 11) is 0. The third-order valence-electron chi connectivity index (χ3n) is 0. The second kappa shape index (κ2) is 9.31. The SMILES string of the molecule is C=CCl.[Pt]. The Balaban J connectivity index is 0. The van der Waals surface area contributed by atoms with E-state index in [0.29, 0.717) is 0 Å². The molecule has 0 nitrogen and oxygen atoms in total. The van der Waals surface area contributed by atoms with E-state index in [-0.39, 0.29) is 21.1 Å². The largest absolute Gasteiger partial charge is 0.0936 e. The molecule has 0 amide bonds. The summed E-state index contributed by atoms with van der Waals surface area (Å²) in [5, 5.41) is 0. The van der Waals surface area contributed by atoms with Crippen molar-refractivity contribution < 1.29 is 21.1 Å². The molecule has 2 heteroatoms. The van der Waals surface area contributed by atoms with Gasteiger partial charge in [0.2, 0.25) is 0 Å². The Morgan fingerprint density at radius 2 is 1.75 bits per heavy atom. The van der Waals surface area contributed by atoms with E-state index in [2.05, 4.69) is 6.58 Å². The van der Waals surface area contributed by atoms with E-state index in [1.807, 2.05) is 0 Å². The molecule has 0 saturated heterocycles. The number of hydrogen-bond donors (Lipinski definition) is 0. The number of halogens is 1. The molecular formula is C2H3ClPt. The van der Waals surface area contributed by atoms with Crippen molar-refractivity contribution >= 4 is 11.6 Å². The first kappa shape index (κ1) is 8.83. The maximum Gasteiger partial charge on any atom is 0 e. The molecule has 28 valence electrons. The molecule has 0 radical (unpaired) electrons. The summed E-state index contributed by atoms with van der Waals surface area (Å²) < 4.78 is 0. The van der Waals surface area contributed by atoms with E-state index in [1.165, 1.54) is 5.54 Å². The monoisotopic (exact) mass is 257 g/mol. The average Bonchev–Trinajstić information content (AvgIpc) is 0.918. The van der Waals surface area contributed by atoms with Gasteiger partial charge in [-0.05, 0) is 5.54 Å². The van der Waals surface area contributed by atoms with Crippen LogP contribution >= 0.6 is 11.6 Å². The molecule has 0 aliphatic carbocycles. The number of rotatable bonds is 0. The van der Waals surface area contributed by atoms with E-state index in [4.69, 9.17) is 11.6 Å². The molecule has 0 aliphatic heterocycles. The summed E-state index contributed by atoms with van der Waals surface area (Å²) in [6.45, 7) is 3.13. The third kappa shape index (κ3) is 15.6. The van der Waals surface area contributed by atoms with Crippen LogP contribution in [0.1, 0.15) is 0 Å². The van der Waals surface area contributed by atoms with Gasteiger partial charge in [-0.25, -0.2) is 0 Å². The molecule has 0 bridgehead atoms. The fourth-order valence-corrected chi connectivity index (χ4v) is 0. The number of hydrogen-bond acceptors (Lipinski definition) is 0. The summed E-state index contributed by atoms with van der Waals surface area (Å²) in [5.74, 6) is 0. The molecule has 0 N–H and O–H groups in total. The molecule has 0 aromatic heterocycles. The van der Waals surface area contributed by atoms with Crippen LogP contribution in [0.25, 0.3) is 0 Å². The third-order valence-corrected chi connectivity index (χ3v) is 0. The fraction of sp³-hybridized carbons (Fsp3) is 0. The first-order chi connectivity index (χ1) is 1.41. The second-order valence-electron chi connectivity index (χ2n) is 0.154. The van der Waals surface area contributed by atoms with Crippen LogP contribution < -0.4 is 0 Å². The van der Waals surface area contributed by atoms with Crippen LogP contribution in [-0.4, -0.2) is 0 Å². The van der Waals surface area contributed by atoms with Crippen molar-refractivity contribution in [3.05, 3.63) is 12.1 Å². The molecule has 0 aliphatic rings. The zero-order valence-corrected chi connectivity index (χ0v) is 5.01. The Bertz CT molecular complexity index is 13.5. The average molecular weight is 258 g/mol. The van der Waals surface area contributed by atoms with E-state index >= 15 is 0 Å². The molecule has 0 spiro atoms. The molecule has 4 heavy (non-hydrogen) atoms. The van der Waals surface area contributed by atoms with Crippen molar-refractivity contribution in [1.29, 1.82) is 0 Å². The Morgan fingerprint density at radius 3 is 1.75 bits per heavy atom. The second-order valence-corrected chi connectivity index (χ2v) is 0.463. The standard InChI is InChI=1S/C2H3Cl.Pt/c1-2-3;/h2H,1H2;. The Kier molecular flexibility index (Phi) is 20.5. The van der Waals surface area contributed by atoms with Crippen molar-refractivity contribution in [2.24, 2.45) is 0 Å². The molecule has 0 heterocycles. The normalized spacial score (nSPS) is 3.25. The summed E-state index contributed by atoms with van der Waals surface area (Å²) in [6.07, 6.45) is 0. The minimum Gasteiger partial charge on any atom is -0.0936 e. The molecule has 0 saturated carbocycles. The zero-order valence-electron chi connectivity index (χ0n) is 1.98. The van der Waals surface area contributed by atoms with Gasteiger partial charge in [0.1, 0.15) is 0 Å². The Morgan fingerprint density at radius 1 is 1.75 bits per heavy atom. The predicted octanol–water partition coefficient (Wildman–Crippen LogP) is 1.37. The Hall–Kier alpha value is 0.718. The quantitative estimate of drug-likeness (QED) is 0.615. The van der Waals surface area contributed by atoms with Crippen LogP contribution in [0.15, 0.2) is 12.1 Å². The molecular weight excluding hydrogens is 255 g/mol. The van der Waals surface area contributed by atoms with Gasteiger partial charge in [0, 0.05) is 21.1 Å². The van der Waals surface area contributed by atoms with Crippen LogP contribution in [0.3, 0.4) is 0 Å². The van der Waals surface area contributed by atoms with Crippen molar-refractivity contribution in [3.8, 4) is 0 Å². The molecule has 0 aromatic rings. The van der Waals surface area contributed by atoms with Crippen molar-refractivity contribution in [2.45, 2.75) is 0 Å². The van der Waals surface area contributed by atoms with Gasteiger partial charge in [0.25, 0.3) is 0 Å². The van der Waals surface area contributed by atoms with Crippen LogP contribution in [0.2, 0.25) is 0 Å². The van der Waals surface area contributed by atoms with Crippen molar-refractivity contribution in [3.63, 3.8) is 0 Å². The van der Waals surface area contributed by atoms with Gasteiger partial charge in [-0.3, -0.25) is 0 Å². The maximum absolute atomic E-state index is 4.76. The summed E-state index contributed by atoms with van der Waals surface area (Å²) >= 11 is 4.76. The minimum atomic E-state index is 0. The summed E-state index contributed by atoms with van der Waals surface area (Å²) in [4.78, 5) is 0. The first-order valence-corrected chi connectivity index (χ1v) is 1.06. The smallest absolute Gasteiger partial charge is 0 e. The minimum absolute atomic E-state index is 0. The summed E-state index contributed by atoms with van der Waals surface area (Å²) in [6, 6.07) is 0. The van der Waals surface area contributed by atoms with Crippen LogP contribution in [0, 0.1) is 0 Å². The van der Waals surface area contributed by atoms with Gasteiger partial charge in [-0.15, -0.1) is 0 Å². The van der Waals surface area contributed by atoms with Gasteiger partial charge in [-0.1, -0.05) is 18.2 Å². The van der Waals surface area contributed by atoms with Crippen molar-refractivity contribution in [2.75, 3.05) is 0 Å².